The zero-order valence-electron chi connectivity index (χ0n) is 8.55. The van der Waals surface area contributed by atoms with Gasteiger partial charge in [-0.3, -0.25) is 4.84 Å². The van der Waals surface area contributed by atoms with Gasteiger partial charge in [-0.1, -0.05) is 18.2 Å². The maximum Gasteiger partial charge on any atom is 0.343 e. The van der Waals surface area contributed by atoms with Gasteiger partial charge in [0.15, 0.2) is 0 Å². The van der Waals surface area contributed by atoms with Gasteiger partial charge in [0, 0.05) is 5.69 Å². The summed E-state index contributed by atoms with van der Waals surface area (Å²) in [4.78, 5) is 15.7. The van der Waals surface area contributed by atoms with E-state index in [1.807, 2.05) is 32.0 Å². The second-order valence-corrected chi connectivity index (χ2v) is 3.03. The number of rotatable bonds is 2. The number of carbonyl (C=O) groups is 1. The summed E-state index contributed by atoms with van der Waals surface area (Å²) in [6.07, 6.45) is 0. The number of hydrogen-bond acceptors (Lipinski definition) is 2. The predicted molar refractivity (Wildman–Crippen MR) is 55.1 cm³/mol. The van der Waals surface area contributed by atoms with Crippen LogP contribution in [0.15, 0.2) is 18.2 Å². The van der Waals surface area contributed by atoms with Gasteiger partial charge in [-0.2, -0.15) is 0 Å². The summed E-state index contributed by atoms with van der Waals surface area (Å²) < 4.78 is 0. The summed E-state index contributed by atoms with van der Waals surface area (Å²) in [7, 11) is 1.39. The average Bonchev–Trinajstić information content (AvgIpc) is 2.12. The van der Waals surface area contributed by atoms with Crippen molar-refractivity contribution in [2.75, 3.05) is 12.4 Å². The Hall–Kier alpha value is -1.55. The molecule has 1 aromatic rings. The number of nitrogens with one attached hydrogen (secondary N) is 2. The minimum atomic E-state index is -0.370. The van der Waals surface area contributed by atoms with Crippen molar-refractivity contribution >= 4 is 11.7 Å². The van der Waals surface area contributed by atoms with Crippen LogP contribution in [0.3, 0.4) is 0 Å². The molecule has 0 atom stereocenters. The van der Waals surface area contributed by atoms with Crippen LogP contribution >= 0.6 is 0 Å². The van der Waals surface area contributed by atoms with E-state index >= 15 is 0 Å². The average molecular weight is 194 g/mol. The van der Waals surface area contributed by atoms with Crippen molar-refractivity contribution in [3.05, 3.63) is 29.3 Å². The normalized spacial score (nSPS) is 9.64. The Kier molecular flexibility index (Phi) is 3.48. The molecule has 2 amide bonds. The van der Waals surface area contributed by atoms with Crippen molar-refractivity contribution in [3.8, 4) is 0 Å². The van der Waals surface area contributed by atoms with Crippen LogP contribution in [0, 0.1) is 13.8 Å². The van der Waals surface area contributed by atoms with E-state index in [1.54, 1.807) is 0 Å². The zero-order chi connectivity index (χ0) is 10.6. The fourth-order valence-corrected chi connectivity index (χ4v) is 1.24. The zero-order valence-corrected chi connectivity index (χ0v) is 8.55. The van der Waals surface area contributed by atoms with E-state index in [9.17, 15) is 4.79 Å². The molecule has 0 saturated carbocycles. The van der Waals surface area contributed by atoms with E-state index in [-0.39, 0.29) is 6.03 Å². The quantitative estimate of drug-likeness (QED) is 0.707. The fourth-order valence-electron chi connectivity index (χ4n) is 1.24. The number of benzene rings is 1. The minimum absolute atomic E-state index is 0.370. The second kappa shape index (κ2) is 4.62. The van der Waals surface area contributed by atoms with Crippen molar-refractivity contribution in [1.29, 1.82) is 0 Å². The van der Waals surface area contributed by atoms with E-state index in [2.05, 4.69) is 15.6 Å². The first-order valence-electron chi connectivity index (χ1n) is 4.31. The highest BCUT2D eigenvalue weighted by molar-refractivity contribution is 5.90. The molecule has 0 unspecified atom stereocenters. The fraction of sp³-hybridized carbons (Fsp3) is 0.300. The molecule has 0 radical (unpaired) electrons. The number of carbonyl (C=O) groups excluding carboxylic acids is 1. The number of hydroxylamine groups is 1. The highest BCUT2D eigenvalue weighted by atomic mass is 16.6. The van der Waals surface area contributed by atoms with Crippen LogP contribution in [0.5, 0.6) is 0 Å². The van der Waals surface area contributed by atoms with Gasteiger partial charge in [0.05, 0.1) is 7.11 Å². The highest BCUT2D eigenvalue weighted by Crippen LogP contribution is 2.18. The van der Waals surface area contributed by atoms with E-state index < -0.39 is 0 Å². The molecule has 0 fully saturated rings. The molecule has 0 aliphatic rings. The molecule has 0 heterocycles. The molecular formula is C10H14N2O2. The van der Waals surface area contributed by atoms with Crippen molar-refractivity contribution in [1.82, 2.24) is 5.48 Å². The number of aryl methyl sites for hydroxylation is 2. The molecule has 0 aliphatic carbocycles. The van der Waals surface area contributed by atoms with Gasteiger partial charge in [-0.15, -0.1) is 0 Å². The van der Waals surface area contributed by atoms with E-state index in [0.717, 1.165) is 16.8 Å². The van der Waals surface area contributed by atoms with Gasteiger partial charge in [-0.25, -0.2) is 10.3 Å². The molecule has 0 bridgehead atoms. The smallest absolute Gasteiger partial charge is 0.306 e. The molecule has 1 aromatic carbocycles. The molecule has 14 heavy (non-hydrogen) atoms. The van der Waals surface area contributed by atoms with Crippen LogP contribution in [-0.4, -0.2) is 13.1 Å². The molecular weight excluding hydrogens is 180 g/mol. The van der Waals surface area contributed by atoms with Crippen molar-refractivity contribution in [3.63, 3.8) is 0 Å². The Morgan fingerprint density at radius 2 is 1.86 bits per heavy atom. The van der Waals surface area contributed by atoms with E-state index in [1.165, 1.54) is 7.11 Å². The number of anilines is 1. The van der Waals surface area contributed by atoms with Gasteiger partial charge >= 0.3 is 6.03 Å². The van der Waals surface area contributed by atoms with Crippen LogP contribution < -0.4 is 10.8 Å². The molecule has 2 N–H and O–H groups in total. The maximum atomic E-state index is 11.2. The molecule has 1 rings (SSSR count). The van der Waals surface area contributed by atoms with E-state index in [0.29, 0.717) is 0 Å². The lowest BCUT2D eigenvalue weighted by Gasteiger charge is -2.10. The molecule has 4 heteroatoms. The lowest BCUT2D eigenvalue weighted by molar-refractivity contribution is 0.114. The van der Waals surface area contributed by atoms with Gasteiger partial charge in [0.1, 0.15) is 0 Å². The van der Waals surface area contributed by atoms with Crippen LogP contribution in [0.1, 0.15) is 11.1 Å². The summed E-state index contributed by atoms with van der Waals surface area (Å²) >= 11 is 0. The van der Waals surface area contributed by atoms with Gasteiger partial charge in [0.2, 0.25) is 0 Å². The Morgan fingerprint density at radius 1 is 1.29 bits per heavy atom. The topological polar surface area (TPSA) is 50.4 Å². The maximum absolute atomic E-state index is 11.2. The van der Waals surface area contributed by atoms with Crippen LogP contribution in [0.25, 0.3) is 0 Å². The lowest BCUT2D eigenvalue weighted by Crippen LogP contribution is -2.28. The Bertz CT molecular complexity index is 317. The number of hydrogen-bond donors (Lipinski definition) is 2. The minimum Gasteiger partial charge on any atom is -0.306 e. The number of urea groups is 1. The Labute approximate surface area is 83.2 Å². The van der Waals surface area contributed by atoms with Crippen LogP contribution in [-0.2, 0) is 4.84 Å². The summed E-state index contributed by atoms with van der Waals surface area (Å²) in [5, 5.41) is 2.70. The standard InChI is InChI=1S/C10H14N2O2/c1-7-5-4-6-8(2)9(7)11-10(13)12-14-3/h4-6H,1-3H3,(H2,11,12,13). The number of para-hydroxylation sites is 1. The SMILES string of the molecule is CONC(=O)Nc1c(C)cccc1C. The third-order valence-corrected chi connectivity index (χ3v) is 1.91. The van der Waals surface area contributed by atoms with E-state index in [4.69, 9.17) is 0 Å². The van der Waals surface area contributed by atoms with Gasteiger partial charge in [-0.05, 0) is 25.0 Å². The molecule has 0 aromatic heterocycles. The highest BCUT2D eigenvalue weighted by Gasteiger charge is 2.05. The summed E-state index contributed by atoms with van der Waals surface area (Å²) in [6.45, 7) is 3.88. The van der Waals surface area contributed by atoms with Crippen LogP contribution in [0.4, 0.5) is 10.5 Å². The first kappa shape index (κ1) is 10.5. The Morgan fingerprint density at radius 3 is 2.36 bits per heavy atom. The summed E-state index contributed by atoms with van der Waals surface area (Å²) in [6, 6.07) is 5.46. The molecule has 4 nitrogen and oxygen atoms in total. The molecule has 0 saturated heterocycles. The molecule has 0 spiro atoms. The first-order valence-corrected chi connectivity index (χ1v) is 4.31. The van der Waals surface area contributed by atoms with Gasteiger partial charge < -0.3 is 5.32 Å². The lowest BCUT2D eigenvalue weighted by atomic mass is 10.1. The molecule has 0 aliphatic heterocycles. The first-order chi connectivity index (χ1) is 6.65. The largest absolute Gasteiger partial charge is 0.343 e. The molecule has 76 valence electrons. The van der Waals surface area contributed by atoms with Crippen molar-refractivity contribution in [2.45, 2.75) is 13.8 Å². The summed E-state index contributed by atoms with van der Waals surface area (Å²) in [5.41, 5.74) is 5.07. The second-order valence-electron chi connectivity index (χ2n) is 3.03. The third-order valence-electron chi connectivity index (χ3n) is 1.91. The van der Waals surface area contributed by atoms with Crippen molar-refractivity contribution in [2.24, 2.45) is 0 Å². The monoisotopic (exact) mass is 194 g/mol. The Balaban J connectivity index is 2.80. The van der Waals surface area contributed by atoms with Crippen molar-refractivity contribution < 1.29 is 9.63 Å². The predicted octanol–water partition coefficient (Wildman–Crippen LogP) is 1.99. The summed E-state index contributed by atoms with van der Waals surface area (Å²) in [5.74, 6) is 0. The number of amides is 2. The van der Waals surface area contributed by atoms with Gasteiger partial charge in [0.25, 0.3) is 0 Å². The van der Waals surface area contributed by atoms with Crippen LogP contribution in [0.2, 0.25) is 0 Å². The third kappa shape index (κ3) is 2.47.